The van der Waals surface area contributed by atoms with Crippen LogP contribution in [0.1, 0.15) is 32.1 Å². The average Bonchev–Trinajstić information content (AvgIpc) is 2.26. The maximum atomic E-state index is 11.7. The number of nitrogens with two attached hydrogens (primary N) is 2. The first kappa shape index (κ1) is 13.0. The smallest absolute Gasteiger partial charge is 0.236 e. The molecule has 0 aromatic heterocycles. The maximum Gasteiger partial charge on any atom is 0.236 e. The Labute approximate surface area is 95.9 Å². The van der Waals surface area contributed by atoms with E-state index in [4.69, 9.17) is 11.5 Å². The van der Waals surface area contributed by atoms with Crippen LogP contribution in [0.5, 0.6) is 0 Å². The van der Waals surface area contributed by atoms with Crippen molar-refractivity contribution in [3.63, 3.8) is 0 Å². The Morgan fingerprint density at radius 2 is 2.06 bits per heavy atom. The van der Waals surface area contributed by atoms with E-state index in [1.54, 1.807) is 0 Å². The molecule has 1 saturated carbocycles. The van der Waals surface area contributed by atoms with Crippen LogP contribution < -0.4 is 16.8 Å². The summed E-state index contributed by atoms with van der Waals surface area (Å²) in [5.41, 5.74) is 10.5. The van der Waals surface area contributed by atoms with Gasteiger partial charge in [-0.25, -0.2) is 0 Å². The van der Waals surface area contributed by atoms with Gasteiger partial charge in [0.15, 0.2) is 0 Å². The monoisotopic (exact) mass is 227 g/mol. The minimum absolute atomic E-state index is 0.0321. The molecule has 2 unspecified atom stereocenters. The lowest BCUT2D eigenvalue weighted by molar-refractivity contribution is -0.128. The number of carbonyl (C=O) groups excluding carboxylic acids is 2. The molecule has 1 rings (SSSR count). The van der Waals surface area contributed by atoms with Crippen LogP contribution in [0.15, 0.2) is 0 Å². The molecule has 2 atom stereocenters. The maximum absolute atomic E-state index is 11.7. The van der Waals surface area contributed by atoms with Crippen molar-refractivity contribution in [2.24, 2.45) is 23.3 Å². The fourth-order valence-electron chi connectivity index (χ4n) is 2.35. The molecular formula is C11H21N3O2. The van der Waals surface area contributed by atoms with Gasteiger partial charge in [0.2, 0.25) is 11.8 Å². The van der Waals surface area contributed by atoms with E-state index < -0.39 is 5.91 Å². The number of amides is 2. The first-order chi connectivity index (χ1) is 7.63. The highest BCUT2D eigenvalue weighted by atomic mass is 16.2. The number of nitrogens with one attached hydrogen (secondary N) is 1. The third-order valence-electron chi connectivity index (χ3n) is 3.17. The van der Waals surface area contributed by atoms with Gasteiger partial charge >= 0.3 is 0 Å². The van der Waals surface area contributed by atoms with E-state index in [-0.39, 0.29) is 18.4 Å². The Kier molecular flexibility index (Phi) is 5.25. The molecule has 0 aromatic rings. The number of hydrogen-bond donors (Lipinski definition) is 3. The van der Waals surface area contributed by atoms with Crippen molar-refractivity contribution >= 4 is 11.8 Å². The third-order valence-corrected chi connectivity index (χ3v) is 3.17. The lowest BCUT2D eigenvalue weighted by Gasteiger charge is -2.27. The highest BCUT2D eigenvalue weighted by Gasteiger charge is 2.26. The van der Waals surface area contributed by atoms with E-state index in [9.17, 15) is 9.59 Å². The summed E-state index contributed by atoms with van der Waals surface area (Å²) in [6.45, 7) is 0.622. The van der Waals surface area contributed by atoms with Crippen LogP contribution in [0, 0.1) is 11.8 Å². The number of carbonyl (C=O) groups is 2. The van der Waals surface area contributed by atoms with Gasteiger partial charge in [0.25, 0.3) is 0 Å². The summed E-state index contributed by atoms with van der Waals surface area (Å²) in [6, 6.07) is 0. The Bertz CT molecular complexity index is 254. The predicted octanol–water partition coefficient (Wildman–Crippen LogP) is -0.257. The fraction of sp³-hybridized carbons (Fsp3) is 0.818. The second kappa shape index (κ2) is 6.48. The minimum Gasteiger partial charge on any atom is -0.368 e. The number of hydrogen-bond acceptors (Lipinski definition) is 3. The Morgan fingerprint density at radius 1 is 1.31 bits per heavy atom. The Hall–Kier alpha value is -1.10. The number of primary amides is 1. The Balaban J connectivity index is 2.34. The van der Waals surface area contributed by atoms with Crippen LogP contribution in [0.2, 0.25) is 0 Å². The summed E-state index contributed by atoms with van der Waals surface area (Å²) in [5.74, 6) is 0.0518. The predicted molar refractivity (Wildman–Crippen MR) is 61.3 cm³/mol. The molecule has 0 spiro atoms. The first-order valence-electron chi connectivity index (χ1n) is 5.89. The van der Waals surface area contributed by atoms with Crippen LogP contribution in [0.25, 0.3) is 0 Å². The van der Waals surface area contributed by atoms with E-state index in [0.717, 1.165) is 32.1 Å². The van der Waals surface area contributed by atoms with Gasteiger partial charge in [-0.05, 0) is 31.7 Å². The van der Waals surface area contributed by atoms with Crippen molar-refractivity contribution in [2.75, 3.05) is 13.1 Å². The first-order valence-corrected chi connectivity index (χ1v) is 5.89. The highest BCUT2D eigenvalue weighted by molar-refractivity contribution is 5.84. The van der Waals surface area contributed by atoms with Gasteiger partial charge in [0, 0.05) is 5.92 Å². The van der Waals surface area contributed by atoms with E-state index in [2.05, 4.69) is 5.32 Å². The molecule has 0 aliphatic heterocycles. The van der Waals surface area contributed by atoms with Crippen molar-refractivity contribution < 1.29 is 9.59 Å². The summed E-state index contributed by atoms with van der Waals surface area (Å²) in [5, 5.41) is 2.57. The largest absolute Gasteiger partial charge is 0.368 e. The summed E-state index contributed by atoms with van der Waals surface area (Å²) < 4.78 is 0. The average molecular weight is 227 g/mol. The topological polar surface area (TPSA) is 98.2 Å². The van der Waals surface area contributed by atoms with Crippen LogP contribution in [-0.2, 0) is 9.59 Å². The van der Waals surface area contributed by atoms with E-state index in [0.29, 0.717) is 12.5 Å². The molecule has 0 bridgehead atoms. The molecular weight excluding hydrogens is 206 g/mol. The zero-order chi connectivity index (χ0) is 12.0. The quantitative estimate of drug-likeness (QED) is 0.603. The standard InChI is InChI=1S/C11H21N3O2/c12-5-4-8-2-1-3-9(6-8)11(16)14-7-10(13)15/h8-9H,1-7,12H2,(H2,13,15)(H,14,16). The molecule has 5 heteroatoms. The van der Waals surface area contributed by atoms with Crippen molar-refractivity contribution in [2.45, 2.75) is 32.1 Å². The van der Waals surface area contributed by atoms with Gasteiger partial charge in [-0.3, -0.25) is 9.59 Å². The minimum atomic E-state index is -0.498. The lowest BCUT2D eigenvalue weighted by Crippen LogP contribution is -2.39. The summed E-state index contributed by atoms with van der Waals surface area (Å²) >= 11 is 0. The van der Waals surface area contributed by atoms with E-state index in [1.807, 2.05) is 0 Å². The van der Waals surface area contributed by atoms with Crippen LogP contribution in [0.4, 0.5) is 0 Å². The lowest BCUT2D eigenvalue weighted by atomic mass is 9.79. The fourth-order valence-corrected chi connectivity index (χ4v) is 2.35. The van der Waals surface area contributed by atoms with Gasteiger partial charge in [0.05, 0.1) is 6.54 Å². The van der Waals surface area contributed by atoms with Crippen molar-refractivity contribution in [3.05, 3.63) is 0 Å². The summed E-state index contributed by atoms with van der Waals surface area (Å²) in [7, 11) is 0. The van der Waals surface area contributed by atoms with Crippen molar-refractivity contribution in [1.82, 2.24) is 5.32 Å². The molecule has 92 valence electrons. The van der Waals surface area contributed by atoms with Gasteiger partial charge in [-0.15, -0.1) is 0 Å². The second-order valence-corrected chi connectivity index (χ2v) is 4.49. The van der Waals surface area contributed by atoms with Crippen LogP contribution >= 0.6 is 0 Å². The van der Waals surface area contributed by atoms with Gasteiger partial charge in [-0.1, -0.05) is 12.8 Å². The molecule has 16 heavy (non-hydrogen) atoms. The molecule has 0 radical (unpaired) electrons. The Morgan fingerprint density at radius 3 is 2.69 bits per heavy atom. The van der Waals surface area contributed by atoms with Gasteiger partial charge < -0.3 is 16.8 Å². The normalized spacial score (nSPS) is 25.1. The SMILES string of the molecule is NCCC1CCCC(C(=O)NCC(N)=O)C1. The van der Waals surface area contributed by atoms with Gasteiger partial charge in [0.1, 0.15) is 0 Å². The summed E-state index contributed by atoms with van der Waals surface area (Å²) in [4.78, 5) is 22.2. The zero-order valence-electron chi connectivity index (χ0n) is 9.58. The molecule has 1 fully saturated rings. The molecule has 5 nitrogen and oxygen atoms in total. The van der Waals surface area contributed by atoms with Gasteiger partial charge in [-0.2, -0.15) is 0 Å². The van der Waals surface area contributed by atoms with E-state index >= 15 is 0 Å². The molecule has 1 aliphatic rings. The highest BCUT2D eigenvalue weighted by Crippen LogP contribution is 2.30. The van der Waals surface area contributed by atoms with Crippen molar-refractivity contribution in [1.29, 1.82) is 0 Å². The third kappa shape index (κ3) is 4.18. The second-order valence-electron chi connectivity index (χ2n) is 4.49. The zero-order valence-corrected chi connectivity index (χ0v) is 9.58. The molecule has 0 saturated heterocycles. The molecule has 2 amide bonds. The number of rotatable bonds is 5. The molecule has 0 aromatic carbocycles. The van der Waals surface area contributed by atoms with Crippen LogP contribution in [0.3, 0.4) is 0 Å². The van der Waals surface area contributed by atoms with Crippen molar-refractivity contribution in [3.8, 4) is 0 Å². The molecule has 1 aliphatic carbocycles. The van der Waals surface area contributed by atoms with Crippen LogP contribution in [-0.4, -0.2) is 24.9 Å². The molecule has 0 heterocycles. The summed E-state index contributed by atoms with van der Waals surface area (Å²) in [6.07, 6.45) is 5.02. The molecule has 5 N–H and O–H groups in total. The van der Waals surface area contributed by atoms with E-state index in [1.165, 1.54) is 0 Å².